The predicted octanol–water partition coefficient (Wildman–Crippen LogP) is 4.73. The summed E-state index contributed by atoms with van der Waals surface area (Å²) in [6.07, 6.45) is 1.74. The van der Waals surface area contributed by atoms with E-state index in [4.69, 9.17) is 16.3 Å². The number of ether oxygens (including phenoxy) is 1. The summed E-state index contributed by atoms with van der Waals surface area (Å²) in [6.45, 7) is 1.91. The molecule has 0 saturated heterocycles. The first kappa shape index (κ1) is 12.4. The van der Waals surface area contributed by atoms with Crippen LogP contribution < -0.4 is 4.74 Å². The average Bonchev–Trinajstić information content (AvgIpc) is 2.32. The van der Waals surface area contributed by atoms with Crippen LogP contribution in [0.3, 0.4) is 0 Å². The summed E-state index contributed by atoms with van der Waals surface area (Å²) in [5.41, 5.74) is 1.80. The van der Waals surface area contributed by atoms with Crippen LogP contribution in [0.15, 0.2) is 36.5 Å². The van der Waals surface area contributed by atoms with Crippen molar-refractivity contribution >= 4 is 27.5 Å². The Morgan fingerprint density at radius 2 is 2.00 bits per heavy atom. The smallest absolute Gasteiger partial charge is 0.148 e. The average molecular weight is 313 g/mol. The summed E-state index contributed by atoms with van der Waals surface area (Å²) >= 11 is 9.52. The van der Waals surface area contributed by atoms with Crippen LogP contribution in [0.2, 0.25) is 5.02 Å². The first-order valence-electron chi connectivity index (χ1n) is 5.15. The van der Waals surface area contributed by atoms with Gasteiger partial charge in [0.25, 0.3) is 0 Å². The Bertz CT molecular complexity index is 531. The third-order valence-electron chi connectivity index (χ3n) is 2.39. The fraction of sp³-hybridized carbons (Fsp3) is 0.154. The SMILES string of the molecule is Cc1ncccc1Oc1cccc(Cl)c1CBr. The zero-order valence-electron chi connectivity index (χ0n) is 9.28. The van der Waals surface area contributed by atoms with Crippen molar-refractivity contribution in [1.29, 1.82) is 0 Å². The Morgan fingerprint density at radius 1 is 1.24 bits per heavy atom. The van der Waals surface area contributed by atoms with E-state index in [0.717, 1.165) is 22.8 Å². The lowest BCUT2D eigenvalue weighted by Gasteiger charge is -2.11. The van der Waals surface area contributed by atoms with Crippen molar-refractivity contribution in [3.63, 3.8) is 0 Å². The van der Waals surface area contributed by atoms with Crippen LogP contribution in [0, 0.1) is 6.92 Å². The number of aryl methyl sites for hydroxylation is 1. The fourth-order valence-electron chi connectivity index (χ4n) is 1.46. The second-order valence-corrected chi connectivity index (χ2v) is 4.51. The maximum Gasteiger partial charge on any atom is 0.148 e. The number of pyridine rings is 1. The molecular formula is C13H11BrClNO. The van der Waals surface area contributed by atoms with E-state index in [1.165, 1.54) is 0 Å². The molecule has 0 unspecified atom stereocenters. The van der Waals surface area contributed by atoms with E-state index >= 15 is 0 Å². The normalized spacial score (nSPS) is 10.3. The molecule has 1 aromatic heterocycles. The standard InChI is InChI=1S/C13H11BrClNO/c1-9-12(6-3-7-16-9)17-13-5-2-4-11(15)10(13)8-14/h2-7H,8H2,1H3. The van der Waals surface area contributed by atoms with Crippen molar-refractivity contribution in [3.05, 3.63) is 52.8 Å². The largest absolute Gasteiger partial charge is 0.455 e. The third-order valence-corrected chi connectivity index (χ3v) is 3.30. The van der Waals surface area contributed by atoms with Gasteiger partial charge in [0, 0.05) is 22.1 Å². The van der Waals surface area contributed by atoms with Gasteiger partial charge in [-0.25, -0.2) is 0 Å². The second kappa shape index (κ2) is 5.52. The molecule has 0 amide bonds. The van der Waals surface area contributed by atoms with Crippen LogP contribution in [0.4, 0.5) is 0 Å². The highest BCUT2D eigenvalue weighted by molar-refractivity contribution is 9.08. The molecule has 17 heavy (non-hydrogen) atoms. The number of rotatable bonds is 3. The van der Waals surface area contributed by atoms with Gasteiger partial charge in [-0.3, -0.25) is 4.98 Å². The minimum Gasteiger partial charge on any atom is -0.455 e. The molecule has 4 heteroatoms. The number of aromatic nitrogens is 1. The Morgan fingerprint density at radius 3 is 2.71 bits per heavy atom. The summed E-state index contributed by atoms with van der Waals surface area (Å²) in [6, 6.07) is 9.35. The number of nitrogens with zero attached hydrogens (tertiary/aromatic N) is 1. The summed E-state index contributed by atoms with van der Waals surface area (Å²) in [4.78, 5) is 4.18. The molecule has 0 aliphatic carbocycles. The molecule has 0 bridgehead atoms. The van der Waals surface area contributed by atoms with Crippen LogP contribution in [-0.2, 0) is 5.33 Å². The monoisotopic (exact) mass is 311 g/mol. The highest BCUT2D eigenvalue weighted by Gasteiger charge is 2.09. The Labute approximate surface area is 114 Å². The molecule has 0 saturated carbocycles. The summed E-state index contributed by atoms with van der Waals surface area (Å²) in [5, 5.41) is 1.35. The summed E-state index contributed by atoms with van der Waals surface area (Å²) in [7, 11) is 0. The Balaban J connectivity index is 2.37. The molecule has 1 aromatic carbocycles. The van der Waals surface area contributed by atoms with Gasteiger partial charge >= 0.3 is 0 Å². The summed E-state index contributed by atoms with van der Waals surface area (Å²) in [5.74, 6) is 1.50. The van der Waals surface area contributed by atoms with Crippen molar-refractivity contribution in [3.8, 4) is 11.5 Å². The molecule has 0 N–H and O–H groups in total. The highest BCUT2D eigenvalue weighted by atomic mass is 79.9. The molecule has 0 aliphatic rings. The predicted molar refractivity (Wildman–Crippen MR) is 73.1 cm³/mol. The first-order chi connectivity index (χ1) is 8.22. The van der Waals surface area contributed by atoms with E-state index in [0.29, 0.717) is 10.4 Å². The Kier molecular flexibility index (Phi) is 4.02. The van der Waals surface area contributed by atoms with Crippen LogP contribution in [0.25, 0.3) is 0 Å². The van der Waals surface area contributed by atoms with E-state index < -0.39 is 0 Å². The van der Waals surface area contributed by atoms with Crippen molar-refractivity contribution < 1.29 is 4.74 Å². The van der Waals surface area contributed by atoms with E-state index in [2.05, 4.69) is 20.9 Å². The topological polar surface area (TPSA) is 22.1 Å². The molecule has 88 valence electrons. The number of benzene rings is 1. The maximum atomic E-state index is 6.11. The molecule has 0 aliphatic heterocycles. The third kappa shape index (κ3) is 2.79. The fourth-order valence-corrected chi connectivity index (χ4v) is 2.43. The quantitative estimate of drug-likeness (QED) is 0.764. The zero-order chi connectivity index (χ0) is 12.3. The highest BCUT2D eigenvalue weighted by Crippen LogP contribution is 2.32. The molecule has 1 heterocycles. The van der Waals surface area contributed by atoms with E-state index in [1.807, 2.05) is 37.3 Å². The van der Waals surface area contributed by atoms with Gasteiger partial charge in [-0.2, -0.15) is 0 Å². The van der Waals surface area contributed by atoms with Crippen LogP contribution in [0.5, 0.6) is 11.5 Å². The lowest BCUT2D eigenvalue weighted by molar-refractivity contribution is 0.472. The van der Waals surface area contributed by atoms with Gasteiger partial charge in [0.1, 0.15) is 11.5 Å². The van der Waals surface area contributed by atoms with E-state index in [9.17, 15) is 0 Å². The first-order valence-corrected chi connectivity index (χ1v) is 6.65. The minimum absolute atomic E-state index is 0.654. The number of hydrogen-bond acceptors (Lipinski definition) is 2. The van der Waals surface area contributed by atoms with Crippen molar-refractivity contribution in [2.24, 2.45) is 0 Å². The summed E-state index contributed by atoms with van der Waals surface area (Å²) < 4.78 is 5.84. The van der Waals surface area contributed by atoms with Gasteiger partial charge in [0.2, 0.25) is 0 Å². The molecule has 0 spiro atoms. The van der Waals surface area contributed by atoms with Crippen molar-refractivity contribution in [1.82, 2.24) is 4.98 Å². The van der Waals surface area contributed by atoms with Gasteiger partial charge in [-0.05, 0) is 31.2 Å². The van der Waals surface area contributed by atoms with Crippen molar-refractivity contribution in [2.75, 3.05) is 0 Å². The molecule has 2 nitrogen and oxygen atoms in total. The van der Waals surface area contributed by atoms with Gasteiger partial charge in [0.05, 0.1) is 5.69 Å². The van der Waals surface area contributed by atoms with Crippen LogP contribution >= 0.6 is 27.5 Å². The van der Waals surface area contributed by atoms with E-state index in [-0.39, 0.29) is 0 Å². The molecule has 2 rings (SSSR count). The Hall–Kier alpha value is -1.06. The van der Waals surface area contributed by atoms with Crippen LogP contribution in [-0.4, -0.2) is 4.98 Å². The number of alkyl halides is 1. The van der Waals surface area contributed by atoms with E-state index in [1.54, 1.807) is 6.20 Å². The number of halogens is 2. The lowest BCUT2D eigenvalue weighted by Crippen LogP contribution is -1.93. The number of hydrogen-bond donors (Lipinski definition) is 0. The molecule has 2 aromatic rings. The zero-order valence-corrected chi connectivity index (χ0v) is 11.6. The molecule has 0 fully saturated rings. The van der Waals surface area contributed by atoms with Gasteiger partial charge in [-0.15, -0.1) is 0 Å². The van der Waals surface area contributed by atoms with Gasteiger partial charge in [-0.1, -0.05) is 33.6 Å². The maximum absolute atomic E-state index is 6.11. The van der Waals surface area contributed by atoms with Crippen LogP contribution in [0.1, 0.15) is 11.3 Å². The molecule has 0 atom stereocenters. The van der Waals surface area contributed by atoms with Crippen molar-refractivity contribution in [2.45, 2.75) is 12.3 Å². The van der Waals surface area contributed by atoms with Gasteiger partial charge < -0.3 is 4.74 Å². The lowest BCUT2D eigenvalue weighted by atomic mass is 10.2. The van der Waals surface area contributed by atoms with Gasteiger partial charge in [0.15, 0.2) is 0 Å². The molecule has 0 radical (unpaired) electrons. The second-order valence-electron chi connectivity index (χ2n) is 3.54. The molecular weight excluding hydrogens is 302 g/mol. The minimum atomic E-state index is 0.654.